The van der Waals surface area contributed by atoms with Crippen LogP contribution in [0.3, 0.4) is 0 Å². The lowest BCUT2D eigenvalue weighted by Gasteiger charge is -2.28. The predicted octanol–water partition coefficient (Wildman–Crippen LogP) is 2.86. The van der Waals surface area contributed by atoms with Crippen molar-refractivity contribution in [3.05, 3.63) is 101 Å². The highest BCUT2D eigenvalue weighted by atomic mass is 32.2. The molecule has 0 radical (unpaired) electrons. The van der Waals surface area contributed by atoms with Crippen LogP contribution in [0, 0.1) is 0 Å². The molecule has 3 aromatic carbocycles. The van der Waals surface area contributed by atoms with Gasteiger partial charge < -0.3 is 16.0 Å². The zero-order chi connectivity index (χ0) is 19.4. The lowest BCUT2D eigenvalue weighted by Crippen LogP contribution is -2.23. The first-order valence-corrected chi connectivity index (χ1v) is 9.45. The third-order valence-corrected chi connectivity index (χ3v) is 5.24. The van der Waals surface area contributed by atoms with E-state index in [1.165, 1.54) is 18.2 Å². The van der Waals surface area contributed by atoms with Crippen LogP contribution in [0.15, 0.2) is 83.8 Å². The van der Waals surface area contributed by atoms with Crippen LogP contribution >= 0.6 is 0 Å². The molecule has 3 aromatic rings. The fraction of sp³-hybridized carbons (Fsp3) is 0.0952. The van der Waals surface area contributed by atoms with E-state index in [4.69, 9.17) is 11.5 Å². The molecule has 1 amide bonds. The number of hydrogen-bond acceptors (Lipinski definition) is 4. The van der Waals surface area contributed by atoms with Crippen LogP contribution in [-0.4, -0.2) is 14.7 Å². The molecule has 27 heavy (non-hydrogen) atoms. The normalized spacial score (nSPS) is 14.3. The van der Waals surface area contributed by atoms with E-state index in [1.807, 2.05) is 60.7 Å². The highest BCUT2D eigenvalue weighted by Gasteiger charge is 2.26. The van der Waals surface area contributed by atoms with Crippen molar-refractivity contribution in [1.82, 2.24) is 0 Å². The van der Waals surface area contributed by atoms with Crippen LogP contribution in [0.4, 0.5) is 0 Å². The molecule has 6 heteroatoms. The highest BCUT2D eigenvalue weighted by Crippen LogP contribution is 2.38. The van der Waals surface area contributed by atoms with Gasteiger partial charge in [-0.2, -0.15) is 0 Å². The maximum atomic E-state index is 11.8. The van der Waals surface area contributed by atoms with E-state index in [2.05, 4.69) is 0 Å². The van der Waals surface area contributed by atoms with E-state index in [1.54, 1.807) is 0 Å². The summed E-state index contributed by atoms with van der Waals surface area (Å²) in [4.78, 5) is 11.8. The van der Waals surface area contributed by atoms with E-state index in [9.17, 15) is 13.6 Å². The minimum atomic E-state index is -2.49. The topological polar surface area (TPSA) is 109 Å². The van der Waals surface area contributed by atoms with Gasteiger partial charge in [0.15, 0.2) is 0 Å². The van der Waals surface area contributed by atoms with Crippen LogP contribution in [0.2, 0.25) is 0 Å². The molecular formula is C21H19N2O3S-. The Balaban J connectivity index is 2.23. The molecule has 0 heterocycles. The first kappa shape index (κ1) is 19.0. The molecule has 0 saturated heterocycles. The number of benzene rings is 3. The van der Waals surface area contributed by atoms with Crippen molar-refractivity contribution in [3.63, 3.8) is 0 Å². The third-order valence-electron chi connectivity index (χ3n) is 4.51. The standard InChI is InChI=1S/C21H20N2O3S/c22-20(15-9-5-2-6-10-15)19(14-7-3-1-4-8-14)17-13-16(21(23)24)11-12-18(17)27(25)26/h1-13,19-20H,22H2,(H2,23,24)(H,25,26)/p-1/t19-,20+/m0/s1. The van der Waals surface area contributed by atoms with Crippen LogP contribution < -0.4 is 11.5 Å². The Morgan fingerprint density at radius 1 is 0.889 bits per heavy atom. The molecule has 0 aliphatic heterocycles. The Morgan fingerprint density at radius 3 is 1.96 bits per heavy atom. The summed E-state index contributed by atoms with van der Waals surface area (Å²) in [6.07, 6.45) is 0. The fourth-order valence-electron chi connectivity index (χ4n) is 3.20. The SMILES string of the molecule is NC(=O)c1ccc(S(=O)[O-])c([C@H](c2ccccc2)[C@H](N)c2ccccc2)c1. The van der Waals surface area contributed by atoms with Crippen molar-refractivity contribution < 1.29 is 13.6 Å². The van der Waals surface area contributed by atoms with Gasteiger partial charge in [-0.05, 0) is 46.0 Å². The molecule has 0 aliphatic carbocycles. The Bertz CT molecular complexity index is 962. The summed E-state index contributed by atoms with van der Waals surface area (Å²) in [6, 6.07) is 22.6. The summed E-state index contributed by atoms with van der Waals surface area (Å²) in [5.74, 6) is -1.10. The average Bonchev–Trinajstić information content (AvgIpc) is 2.69. The molecular weight excluding hydrogens is 360 g/mol. The van der Waals surface area contributed by atoms with Gasteiger partial charge in [-0.25, -0.2) is 0 Å². The summed E-state index contributed by atoms with van der Waals surface area (Å²) in [5.41, 5.74) is 14.4. The van der Waals surface area contributed by atoms with Crippen molar-refractivity contribution in [1.29, 1.82) is 0 Å². The van der Waals surface area contributed by atoms with Crippen LogP contribution in [0.5, 0.6) is 0 Å². The van der Waals surface area contributed by atoms with Crippen molar-refractivity contribution in [2.45, 2.75) is 16.9 Å². The van der Waals surface area contributed by atoms with Gasteiger partial charge in [0, 0.05) is 22.4 Å². The maximum Gasteiger partial charge on any atom is 0.248 e. The predicted molar refractivity (Wildman–Crippen MR) is 104 cm³/mol. The second kappa shape index (κ2) is 8.26. The molecule has 3 rings (SSSR count). The van der Waals surface area contributed by atoms with Gasteiger partial charge in [-0.1, -0.05) is 60.7 Å². The van der Waals surface area contributed by atoms with E-state index < -0.39 is 28.9 Å². The Kier molecular flexibility index (Phi) is 5.81. The van der Waals surface area contributed by atoms with Crippen molar-refractivity contribution in [2.24, 2.45) is 11.5 Å². The minimum Gasteiger partial charge on any atom is -0.768 e. The number of hydrogen-bond donors (Lipinski definition) is 2. The molecule has 0 saturated carbocycles. The number of carbonyl (C=O) groups excluding carboxylic acids is 1. The molecule has 4 N–H and O–H groups in total. The van der Waals surface area contributed by atoms with E-state index in [0.29, 0.717) is 5.56 Å². The largest absolute Gasteiger partial charge is 0.768 e. The van der Waals surface area contributed by atoms with Gasteiger partial charge in [-0.3, -0.25) is 9.00 Å². The first-order chi connectivity index (χ1) is 13.0. The average molecular weight is 379 g/mol. The molecule has 0 fully saturated rings. The van der Waals surface area contributed by atoms with E-state index >= 15 is 0 Å². The molecule has 0 aliphatic rings. The lowest BCUT2D eigenvalue weighted by molar-refractivity contribution is 0.1000. The Labute approximate surface area is 160 Å². The summed E-state index contributed by atoms with van der Waals surface area (Å²) < 4.78 is 23.7. The lowest BCUT2D eigenvalue weighted by atomic mass is 9.81. The maximum absolute atomic E-state index is 11.8. The molecule has 138 valence electrons. The van der Waals surface area contributed by atoms with Gasteiger partial charge in [-0.15, -0.1) is 0 Å². The summed E-state index contributed by atoms with van der Waals surface area (Å²) in [6.45, 7) is 0. The zero-order valence-corrected chi connectivity index (χ0v) is 15.3. The minimum absolute atomic E-state index is 0.0974. The summed E-state index contributed by atoms with van der Waals surface area (Å²) in [5, 5.41) is 0. The number of carbonyl (C=O) groups is 1. The first-order valence-electron chi connectivity index (χ1n) is 8.37. The molecule has 0 aromatic heterocycles. The zero-order valence-electron chi connectivity index (χ0n) is 14.4. The number of nitrogens with two attached hydrogens (primary N) is 2. The van der Waals surface area contributed by atoms with Crippen LogP contribution in [0.25, 0.3) is 0 Å². The molecule has 3 atom stereocenters. The quantitative estimate of drug-likeness (QED) is 0.642. The van der Waals surface area contributed by atoms with Gasteiger partial charge in [0.2, 0.25) is 5.91 Å². The monoisotopic (exact) mass is 379 g/mol. The molecule has 0 bridgehead atoms. The summed E-state index contributed by atoms with van der Waals surface area (Å²) in [7, 11) is 0. The van der Waals surface area contributed by atoms with Gasteiger partial charge in [0.05, 0.1) is 0 Å². The van der Waals surface area contributed by atoms with Gasteiger partial charge in [0.25, 0.3) is 0 Å². The summed E-state index contributed by atoms with van der Waals surface area (Å²) >= 11 is -2.49. The van der Waals surface area contributed by atoms with Gasteiger partial charge >= 0.3 is 0 Å². The molecule has 5 nitrogen and oxygen atoms in total. The Hall–Kier alpha value is -2.80. The smallest absolute Gasteiger partial charge is 0.248 e. The Morgan fingerprint density at radius 2 is 1.44 bits per heavy atom. The van der Waals surface area contributed by atoms with Crippen LogP contribution in [-0.2, 0) is 11.1 Å². The van der Waals surface area contributed by atoms with Crippen molar-refractivity contribution >= 4 is 17.0 Å². The van der Waals surface area contributed by atoms with Crippen LogP contribution in [0.1, 0.15) is 39.0 Å². The number of primary amides is 1. The number of amides is 1. The van der Waals surface area contributed by atoms with Crippen molar-refractivity contribution in [2.75, 3.05) is 0 Å². The fourth-order valence-corrected chi connectivity index (χ4v) is 3.76. The third kappa shape index (κ3) is 4.14. The van der Waals surface area contributed by atoms with Gasteiger partial charge in [0.1, 0.15) is 0 Å². The second-order valence-corrected chi connectivity index (χ2v) is 7.09. The van der Waals surface area contributed by atoms with Crippen molar-refractivity contribution in [3.8, 4) is 0 Å². The number of rotatable bonds is 6. The second-order valence-electron chi connectivity index (χ2n) is 6.18. The van der Waals surface area contributed by atoms with E-state index in [0.717, 1.165) is 11.1 Å². The molecule has 0 spiro atoms. The highest BCUT2D eigenvalue weighted by molar-refractivity contribution is 7.79. The molecule has 1 unspecified atom stereocenters. The van der Waals surface area contributed by atoms with E-state index in [-0.39, 0.29) is 10.5 Å².